The highest BCUT2D eigenvalue weighted by Gasteiger charge is 2.09. The maximum atomic E-state index is 12.2. The topological polar surface area (TPSA) is 58.2 Å². The molecular weight excluding hydrogens is 504 g/mol. The lowest BCUT2D eigenvalue weighted by molar-refractivity contribution is -0.123. The second-order valence-electron chi connectivity index (χ2n) is 13.0. The van der Waals surface area contributed by atoms with Crippen molar-refractivity contribution >= 4 is 11.8 Å². The van der Waals surface area contributed by atoms with Crippen molar-refractivity contribution < 1.29 is 9.59 Å². The van der Waals surface area contributed by atoms with Crippen LogP contribution in [0.4, 0.5) is 0 Å². The molecule has 0 saturated carbocycles. The Labute approximate surface area is 257 Å². The molecule has 0 saturated heterocycles. The van der Waals surface area contributed by atoms with Gasteiger partial charge in [0.2, 0.25) is 11.8 Å². The summed E-state index contributed by atoms with van der Waals surface area (Å²) in [5, 5.41) is 6.05. The number of unbranched alkanes of at least 4 members (excludes halogenated alkanes) is 26. The van der Waals surface area contributed by atoms with Gasteiger partial charge < -0.3 is 10.6 Å². The highest BCUT2D eigenvalue weighted by Crippen LogP contribution is 2.14. The molecule has 41 heavy (non-hydrogen) atoms. The van der Waals surface area contributed by atoms with Gasteiger partial charge in [0.15, 0.2) is 0 Å². The molecule has 1 atom stereocenters. The molecule has 0 fully saturated rings. The molecule has 0 radical (unpaired) electrons. The Hall–Kier alpha value is -1.06. The summed E-state index contributed by atoms with van der Waals surface area (Å²) in [7, 11) is 0. The van der Waals surface area contributed by atoms with Crippen molar-refractivity contribution in [1.29, 1.82) is 0 Å². The number of carbonyl (C=O) groups excluding carboxylic acids is 2. The lowest BCUT2D eigenvalue weighted by atomic mass is 10.0. The molecule has 0 aromatic carbocycles. The van der Waals surface area contributed by atoms with Crippen LogP contribution in [-0.4, -0.2) is 24.4 Å². The summed E-state index contributed by atoms with van der Waals surface area (Å²) in [5.74, 6) is 0.245. The largest absolute Gasteiger partial charge is 0.354 e. The van der Waals surface area contributed by atoms with Gasteiger partial charge in [0.1, 0.15) is 0 Å². The van der Waals surface area contributed by atoms with E-state index in [2.05, 4.69) is 24.5 Å². The molecule has 0 aromatic rings. The van der Waals surface area contributed by atoms with Gasteiger partial charge in [0.25, 0.3) is 0 Å². The molecule has 0 bridgehead atoms. The summed E-state index contributed by atoms with van der Waals surface area (Å²) in [6.45, 7) is 7.07. The van der Waals surface area contributed by atoms with E-state index >= 15 is 0 Å². The number of carbonyl (C=O) groups is 2. The standard InChI is InChI=1S/C37H74N2O2/c1-4-6-8-10-12-14-16-18-19-21-22-24-26-28-30-32-36(40)38-34-35(3)39-37(41)33-31-29-27-25-23-20-17-15-13-11-9-7-5-2/h35H,4-34H2,1-3H3,(H,38,40)(H,39,41)/t35-/m1/s1. The maximum Gasteiger partial charge on any atom is 0.220 e. The first-order valence-corrected chi connectivity index (χ1v) is 18.7. The van der Waals surface area contributed by atoms with Gasteiger partial charge in [-0.1, -0.05) is 181 Å². The maximum absolute atomic E-state index is 12.2. The first-order valence-electron chi connectivity index (χ1n) is 18.7. The van der Waals surface area contributed by atoms with Crippen LogP contribution in [0.15, 0.2) is 0 Å². The highest BCUT2D eigenvalue weighted by atomic mass is 16.2. The average molecular weight is 579 g/mol. The van der Waals surface area contributed by atoms with Crippen LogP contribution >= 0.6 is 0 Å². The Morgan fingerprint density at radius 2 is 0.683 bits per heavy atom. The molecule has 244 valence electrons. The van der Waals surface area contributed by atoms with Crippen LogP contribution in [-0.2, 0) is 9.59 Å². The minimum atomic E-state index is -0.00511. The third-order valence-corrected chi connectivity index (χ3v) is 8.53. The zero-order valence-corrected chi connectivity index (χ0v) is 28.3. The SMILES string of the molecule is CCCCCCCCCCCCCCCCCC(=O)NC[C@@H](C)NC(=O)CCCCCCCCCCCCCCC. The monoisotopic (exact) mass is 579 g/mol. The minimum absolute atomic E-state index is 0.00511. The molecule has 4 nitrogen and oxygen atoms in total. The summed E-state index contributed by atoms with van der Waals surface area (Å²) < 4.78 is 0. The normalized spacial score (nSPS) is 12.0. The van der Waals surface area contributed by atoms with Crippen molar-refractivity contribution in [2.24, 2.45) is 0 Å². The molecule has 0 aromatic heterocycles. The summed E-state index contributed by atoms with van der Waals surface area (Å²) in [5.41, 5.74) is 0. The predicted molar refractivity (Wildman–Crippen MR) is 180 cm³/mol. The number of hydrogen-bond acceptors (Lipinski definition) is 2. The van der Waals surface area contributed by atoms with Crippen LogP contribution in [0.1, 0.15) is 213 Å². The third-order valence-electron chi connectivity index (χ3n) is 8.53. The van der Waals surface area contributed by atoms with Gasteiger partial charge in [-0.05, 0) is 19.8 Å². The zero-order chi connectivity index (χ0) is 30.1. The van der Waals surface area contributed by atoms with E-state index in [0.29, 0.717) is 19.4 Å². The number of amides is 2. The van der Waals surface area contributed by atoms with E-state index in [4.69, 9.17) is 0 Å². The van der Waals surface area contributed by atoms with Gasteiger partial charge >= 0.3 is 0 Å². The minimum Gasteiger partial charge on any atom is -0.354 e. The predicted octanol–water partition coefficient (Wildman–Crippen LogP) is 11.4. The summed E-state index contributed by atoms with van der Waals surface area (Å²) in [4.78, 5) is 24.4. The number of nitrogens with one attached hydrogen (secondary N) is 2. The number of hydrogen-bond donors (Lipinski definition) is 2. The lowest BCUT2D eigenvalue weighted by Gasteiger charge is -2.15. The van der Waals surface area contributed by atoms with Crippen molar-refractivity contribution in [3.8, 4) is 0 Å². The van der Waals surface area contributed by atoms with Crippen molar-refractivity contribution in [3.05, 3.63) is 0 Å². The van der Waals surface area contributed by atoms with Crippen LogP contribution in [0.2, 0.25) is 0 Å². The fourth-order valence-electron chi connectivity index (χ4n) is 5.71. The van der Waals surface area contributed by atoms with Crippen LogP contribution in [0.3, 0.4) is 0 Å². The van der Waals surface area contributed by atoms with E-state index in [1.54, 1.807) is 0 Å². The second kappa shape index (κ2) is 33.4. The van der Waals surface area contributed by atoms with E-state index in [0.717, 1.165) is 25.7 Å². The highest BCUT2D eigenvalue weighted by molar-refractivity contribution is 5.77. The molecule has 4 heteroatoms. The zero-order valence-electron chi connectivity index (χ0n) is 28.3. The van der Waals surface area contributed by atoms with Gasteiger partial charge in [0.05, 0.1) is 0 Å². The molecule has 0 heterocycles. The Kier molecular flexibility index (Phi) is 32.6. The van der Waals surface area contributed by atoms with Crippen molar-refractivity contribution in [2.45, 2.75) is 219 Å². The number of rotatable bonds is 33. The quantitative estimate of drug-likeness (QED) is 0.0761. The van der Waals surface area contributed by atoms with E-state index < -0.39 is 0 Å². The van der Waals surface area contributed by atoms with Crippen LogP contribution < -0.4 is 10.6 Å². The molecule has 0 rings (SSSR count). The Balaban J connectivity index is 3.39. The van der Waals surface area contributed by atoms with Gasteiger partial charge in [-0.25, -0.2) is 0 Å². The van der Waals surface area contributed by atoms with E-state index in [1.165, 1.54) is 154 Å². The lowest BCUT2D eigenvalue weighted by Crippen LogP contribution is -2.41. The summed E-state index contributed by atoms with van der Waals surface area (Å²) in [6, 6.07) is -0.00511. The van der Waals surface area contributed by atoms with Gasteiger partial charge in [-0.15, -0.1) is 0 Å². The van der Waals surface area contributed by atoms with Crippen molar-refractivity contribution in [1.82, 2.24) is 10.6 Å². The summed E-state index contributed by atoms with van der Waals surface area (Å²) >= 11 is 0. The fourth-order valence-corrected chi connectivity index (χ4v) is 5.71. The van der Waals surface area contributed by atoms with Gasteiger partial charge in [-0.2, -0.15) is 0 Å². The fraction of sp³-hybridized carbons (Fsp3) is 0.946. The molecule has 0 aliphatic heterocycles. The van der Waals surface area contributed by atoms with E-state index in [1.807, 2.05) is 6.92 Å². The molecule has 2 N–H and O–H groups in total. The van der Waals surface area contributed by atoms with E-state index in [9.17, 15) is 9.59 Å². The molecular formula is C37H74N2O2. The van der Waals surface area contributed by atoms with E-state index in [-0.39, 0.29) is 17.9 Å². The summed E-state index contributed by atoms with van der Waals surface area (Å²) in [6.07, 6.45) is 38.5. The smallest absolute Gasteiger partial charge is 0.220 e. The van der Waals surface area contributed by atoms with Gasteiger partial charge in [-0.3, -0.25) is 9.59 Å². The second-order valence-corrected chi connectivity index (χ2v) is 13.0. The Morgan fingerprint density at radius 3 is 1.00 bits per heavy atom. The van der Waals surface area contributed by atoms with Crippen molar-refractivity contribution in [2.75, 3.05) is 6.54 Å². The third kappa shape index (κ3) is 33.3. The van der Waals surface area contributed by atoms with Gasteiger partial charge in [0, 0.05) is 25.4 Å². The van der Waals surface area contributed by atoms with Crippen molar-refractivity contribution in [3.63, 3.8) is 0 Å². The molecule has 2 amide bonds. The first kappa shape index (κ1) is 39.9. The molecule has 0 aliphatic rings. The Morgan fingerprint density at radius 1 is 0.415 bits per heavy atom. The van der Waals surface area contributed by atoms with Crippen LogP contribution in [0.25, 0.3) is 0 Å². The Bertz CT molecular complexity index is 551. The molecule has 0 spiro atoms. The van der Waals surface area contributed by atoms with Crippen LogP contribution in [0, 0.1) is 0 Å². The first-order chi connectivity index (χ1) is 20.1. The average Bonchev–Trinajstić information content (AvgIpc) is 2.96. The molecule has 0 aliphatic carbocycles. The molecule has 0 unspecified atom stereocenters. The van der Waals surface area contributed by atoms with Crippen LogP contribution in [0.5, 0.6) is 0 Å².